The molecule has 2 aromatic carbocycles. The number of amides is 2. The monoisotopic (exact) mass is 436 g/mol. The molecule has 1 N–H and O–H groups in total. The van der Waals surface area contributed by atoms with Crippen molar-refractivity contribution in [2.24, 2.45) is 7.05 Å². The molecule has 1 unspecified atom stereocenters. The maximum atomic E-state index is 15.0. The molecule has 5 rings (SSSR count). The van der Waals surface area contributed by atoms with E-state index >= 15 is 0 Å². The predicted molar refractivity (Wildman–Crippen MR) is 117 cm³/mol. The third-order valence-corrected chi connectivity index (χ3v) is 6.56. The van der Waals surface area contributed by atoms with Gasteiger partial charge in [-0.15, -0.1) is 0 Å². The lowest BCUT2D eigenvalue weighted by atomic mass is 10.0. The second-order valence-corrected chi connectivity index (χ2v) is 8.88. The highest BCUT2D eigenvalue weighted by Crippen LogP contribution is 2.37. The Morgan fingerprint density at radius 2 is 1.84 bits per heavy atom. The summed E-state index contributed by atoms with van der Waals surface area (Å²) in [6, 6.07) is 10.1. The molecule has 3 aromatic rings. The van der Waals surface area contributed by atoms with E-state index in [4.69, 9.17) is 0 Å². The molecule has 166 valence electrons. The number of fused-ring (bicyclic) bond motifs is 1. The first-order valence-electron chi connectivity index (χ1n) is 10.8. The molecule has 1 saturated heterocycles. The second kappa shape index (κ2) is 7.41. The van der Waals surface area contributed by atoms with E-state index in [1.54, 1.807) is 22.2 Å². The average Bonchev–Trinajstić information content (AvgIpc) is 3.44. The molecule has 2 fully saturated rings. The Kier molecular flexibility index (Phi) is 4.78. The molecule has 0 radical (unpaired) electrons. The number of aromatic nitrogens is 2. The maximum absolute atomic E-state index is 15.0. The van der Waals surface area contributed by atoms with E-state index in [1.165, 1.54) is 12.1 Å². The number of aryl methyl sites for hydroxylation is 1. The van der Waals surface area contributed by atoms with E-state index in [9.17, 15) is 19.1 Å². The van der Waals surface area contributed by atoms with Crippen molar-refractivity contribution in [1.29, 1.82) is 0 Å². The summed E-state index contributed by atoms with van der Waals surface area (Å²) in [5.41, 5.74) is 2.10. The number of aliphatic hydroxyl groups is 1. The first-order valence-corrected chi connectivity index (χ1v) is 10.8. The molecule has 2 aliphatic rings. The van der Waals surface area contributed by atoms with Crippen molar-refractivity contribution in [3.05, 3.63) is 54.1 Å². The van der Waals surface area contributed by atoms with Gasteiger partial charge in [0.25, 0.3) is 11.8 Å². The van der Waals surface area contributed by atoms with Crippen LogP contribution in [0.25, 0.3) is 22.2 Å². The van der Waals surface area contributed by atoms with Crippen LogP contribution in [0.5, 0.6) is 0 Å². The second-order valence-electron chi connectivity index (χ2n) is 8.88. The molecule has 2 amide bonds. The van der Waals surface area contributed by atoms with Crippen LogP contribution in [0.2, 0.25) is 0 Å². The number of carbonyl (C=O) groups excluding carboxylic acids is 2. The van der Waals surface area contributed by atoms with Gasteiger partial charge in [-0.2, -0.15) is 0 Å². The molecule has 7 nitrogen and oxygen atoms in total. The van der Waals surface area contributed by atoms with E-state index in [0.29, 0.717) is 38.0 Å². The topological polar surface area (TPSA) is 78.7 Å². The van der Waals surface area contributed by atoms with Crippen molar-refractivity contribution in [3.63, 3.8) is 0 Å². The number of piperazine rings is 1. The van der Waals surface area contributed by atoms with Gasteiger partial charge >= 0.3 is 0 Å². The van der Waals surface area contributed by atoms with E-state index < -0.39 is 17.3 Å². The van der Waals surface area contributed by atoms with Gasteiger partial charge in [-0.25, -0.2) is 9.37 Å². The number of rotatable bonds is 3. The number of carbonyl (C=O) groups is 2. The molecular formula is C24H25FN4O3. The van der Waals surface area contributed by atoms with Gasteiger partial charge in [-0.3, -0.25) is 9.59 Å². The van der Waals surface area contributed by atoms with Crippen molar-refractivity contribution >= 4 is 22.8 Å². The van der Waals surface area contributed by atoms with Gasteiger partial charge in [-0.05, 0) is 55.2 Å². The molecule has 1 aliphatic heterocycles. The Balaban J connectivity index is 1.32. The SMILES string of the molecule is CC1CN(C(=O)c2ccc(-c3ccc4c(c3)ncn4C)cc2F)CCN1C(=O)C1(O)CC1. The fourth-order valence-electron chi connectivity index (χ4n) is 4.40. The number of hydrogen-bond acceptors (Lipinski definition) is 4. The molecule has 0 bridgehead atoms. The van der Waals surface area contributed by atoms with Crippen molar-refractivity contribution in [1.82, 2.24) is 19.4 Å². The lowest BCUT2D eigenvalue weighted by Crippen LogP contribution is -2.58. The van der Waals surface area contributed by atoms with Gasteiger partial charge in [0, 0.05) is 32.7 Å². The largest absolute Gasteiger partial charge is 0.380 e. The Hall–Kier alpha value is -3.26. The molecule has 1 aliphatic carbocycles. The zero-order valence-corrected chi connectivity index (χ0v) is 18.1. The minimum absolute atomic E-state index is 0.0143. The first-order chi connectivity index (χ1) is 15.3. The van der Waals surface area contributed by atoms with E-state index in [0.717, 1.165) is 16.6 Å². The lowest BCUT2D eigenvalue weighted by Gasteiger charge is -2.40. The van der Waals surface area contributed by atoms with Gasteiger partial charge in [0.2, 0.25) is 0 Å². The third kappa shape index (κ3) is 3.44. The molecule has 1 aromatic heterocycles. The van der Waals surface area contributed by atoms with Crippen LogP contribution in [0.3, 0.4) is 0 Å². The molecule has 1 atom stereocenters. The maximum Gasteiger partial charge on any atom is 0.256 e. The van der Waals surface area contributed by atoms with Crippen LogP contribution in [-0.2, 0) is 11.8 Å². The number of hydrogen-bond donors (Lipinski definition) is 1. The Labute approximate surface area is 185 Å². The minimum atomic E-state index is -1.22. The van der Waals surface area contributed by atoms with Gasteiger partial charge in [0.05, 0.1) is 22.9 Å². The standard InChI is InChI=1S/C24H25FN4O3/c1-15-13-28(9-10-29(15)23(31)24(32)7-8-24)22(30)18-5-3-16(11-19(18)25)17-4-6-21-20(12-17)26-14-27(21)2/h3-6,11-12,14-15,32H,7-10,13H2,1-2H3. The van der Waals surface area contributed by atoms with Crippen LogP contribution in [0.4, 0.5) is 4.39 Å². The number of benzene rings is 2. The fourth-order valence-corrected chi connectivity index (χ4v) is 4.40. The van der Waals surface area contributed by atoms with Crippen LogP contribution in [0.1, 0.15) is 30.1 Å². The molecular weight excluding hydrogens is 411 g/mol. The molecule has 0 spiro atoms. The van der Waals surface area contributed by atoms with E-state index in [-0.39, 0.29) is 17.5 Å². The molecule has 2 heterocycles. The zero-order valence-electron chi connectivity index (χ0n) is 18.1. The summed E-state index contributed by atoms with van der Waals surface area (Å²) < 4.78 is 16.9. The minimum Gasteiger partial charge on any atom is -0.380 e. The average molecular weight is 436 g/mol. The van der Waals surface area contributed by atoms with E-state index in [1.807, 2.05) is 36.7 Å². The van der Waals surface area contributed by atoms with Crippen LogP contribution in [0.15, 0.2) is 42.7 Å². The summed E-state index contributed by atoms with van der Waals surface area (Å²) >= 11 is 0. The number of nitrogens with zero attached hydrogens (tertiary/aromatic N) is 4. The first kappa shape index (κ1) is 20.6. The highest BCUT2D eigenvalue weighted by atomic mass is 19.1. The lowest BCUT2D eigenvalue weighted by molar-refractivity contribution is -0.146. The van der Waals surface area contributed by atoms with Crippen molar-refractivity contribution in [2.75, 3.05) is 19.6 Å². The Bertz CT molecular complexity index is 1230. The molecule has 32 heavy (non-hydrogen) atoms. The van der Waals surface area contributed by atoms with Crippen molar-refractivity contribution in [3.8, 4) is 11.1 Å². The molecule has 1 saturated carbocycles. The predicted octanol–water partition coefficient (Wildman–Crippen LogP) is 2.58. The third-order valence-electron chi connectivity index (χ3n) is 6.56. The fraction of sp³-hybridized carbons (Fsp3) is 0.375. The summed E-state index contributed by atoms with van der Waals surface area (Å²) in [7, 11) is 1.92. The highest BCUT2D eigenvalue weighted by Gasteiger charge is 2.51. The Morgan fingerprint density at radius 1 is 1.12 bits per heavy atom. The summed E-state index contributed by atoms with van der Waals surface area (Å²) in [6.45, 7) is 2.79. The smallest absolute Gasteiger partial charge is 0.256 e. The Morgan fingerprint density at radius 3 is 2.53 bits per heavy atom. The molecule has 8 heteroatoms. The van der Waals surface area contributed by atoms with Gasteiger partial charge in [0.1, 0.15) is 11.4 Å². The van der Waals surface area contributed by atoms with Crippen LogP contribution in [0, 0.1) is 5.82 Å². The van der Waals surface area contributed by atoms with Crippen LogP contribution in [-0.4, -0.2) is 67.5 Å². The number of halogens is 1. The van der Waals surface area contributed by atoms with Gasteiger partial charge < -0.3 is 19.5 Å². The van der Waals surface area contributed by atoms with Crippen molar-refractivity contribution < 1.29 is 19.1 Å². The van der Waals surface area contributed by atoms with Crippen LogP contribution < -0.4 is 0 Å². The summed E-state index contributed by atoms with van der Waals surface area (Å²) in [6.07, 6.45) is 2.71. The van der Waals surface area contributed by atoms with Crippen molar-refractivity contribution in [2.45, 2.75) is 31.4 Å². The summed E-state index contributed by atoms with van der Waals surface area (Å²) in [5.74, 6) is -1.23. The summed E-state index contributed by atoms with van der Waals surface area (Å²) in [5, 5.41) is 10.1. The number of imidazole rings is 1. The quantitative estimate of drug-likeness (QED) is 0.685. The highest BCUT2D eigenvalue weighted by molar-refractivity contribution is 5.95. The summed E-state index contributed by atoms with van der Waals surface area (Å²) in [4.78, 5) is 33.0. The van der Waals surface area contributed by atoms with E-state index in [2.05, 4.69) is 4.98 Å². The zero-order chi connectivity index (χ0) is 22.6. The van der Waals surface area contributed by atoms with Crippen LogP contribution >= 0.6 is 0 Å². The van der Waals surface area contributed by atoms with Gasteiger partial charge in [-0.1, -0.05) is 12.1 Å². The van der Waals surface area contributed by atoms with Gasteiger partial charge in [0.15, 0.2) is 0 Å². The normalized spacial score (nSPS) is 19.9.